The summed E-state index contributed by atoms with van der Waals surface area (Å²) in [5, 5.41) is 7.55. The summed E-state index contributed by atoms with van der Waals surface area (Å²) in [6.45, 7) is 2.41. The molecule has 140 valence electrons. The molecule has 1 amide bonds. The van der Waals surface area contributed by atoms with Gasteiger partial charge in [-0.25, -0.2) is 13.1 Å². The Morgan fingerprint density at radius 2 is 2.20 bits per heavy atom. The first kappa shape index (κ1) is 18.3. The number of carbonyl (C=O) groups excluding carboxylic acids is 1. The van der Waals surface area contributed by atoms with Gasteiger partial charge in [0.2, 0.25) is 15.9 Å². The van der Waals surface area contributed by atoms with Crippen LogP contribution in [0.1, 0.15) is 30.7 Å². The number of piperidine rings is 1. The van der Waals surface area contributed by atoms with Crippen molar-refractivity contribution in [3.8, 4) is 0 Å². The molecule has 1 aromatic rings. The van der Waals surface area contributed by atoms with Crippen LogP contribution in [0.3, 0.4) is 0 Å². The van der Waals surface area contributed by atoms with E-state index in [-0.39, 0.29) is 23.8 Å². The SMILES string of the molecule is Cn1cc([C@H]2CNC[C@@H]2C(=O)N2CCCCC2CNS(C)(=O)=O)cn1. The van der Waals surface area contributed by atoms with Crippen molar-refractivity contribution in [2.75, 3.05) is 32.4 Å². The average Bonchev–Trinajstić information content (AvgIpc) is 3.20. The van der Waals surface area contributed by atoms with Crippen molar-refractivity contribution in [3.63, 3.8) is 0 Å². The van der Waals surface area contributed by atoms with Gasteiger partial charge < -0.3 is 10.2 Å². The number of hydrogen-bond donors (Lipinski definition) is 2. The van der Waals surface area contributed by atoms with Crippen LogP contribution in [0.2, 0.25) is 0 Å². The highest BCUT2D eigenvalue weighted by molar-refractivity contribution is 7.88. The minimum Gasteiger partial charge on any atom is -0.338 e. The van der Waals surface area contributed by atoms with Gasteiger partial charge >= 0.3 is 0 Å². The molecule has 2 N–H and O–H groups in total. The second-order valence-corrected chi connectivity index (χ2v) is 8.95. The summed E-state index contributed by atoms with van der Waals surface area (Å²) in [5.41, 5.74) is 1.08. The van der Waals surface area contributed by atoms with E-state index in [0.717, 1.165) is 37.6 Å². The number of sulfonamides is 1. The second kappa shape index (κ2) is 7.43. The molecule has 0 aromatic carbocycles. The largest absolute Gasteiger partial charge is 0.338 e. The van der Waals surface area contributed by atoms with E-state index in [0.29, 0.717) is 19.6 Å². The van der Waals surface area contributed by atoms with Crippen LogP contribution in [0.4, 0.5) is 0 Å². The van der Waals surface area contributed by atoms with E-state index < -0.39 is 10.0 Å². The summed E-state index contributed by atoms with van der Waals surface area (Å²) in [6, 6.07) is -0.0638. The fourth-order valence-corrected chi connectivity index (χ4v) is 4.38. The van der Waals surface area contributed by atoms with Gasteiger partial charge in [0.15, 0.2) is 0 Å². The third-order valence-corrected chi connectivity index (χ3v) is 5.87. The van der Waals surface area contributed by atoms with Gasteiger partial charge in [-0.2, -0.15) is 5.10 Å². The van der Waals surface area contributed by atoms with Crippen molar-refractivity contribution >= 4 is 15.9 Å². The number of hydrogen-bond acceptors (Lipinski definition) is 5. The quantitative estimate of drug-likeness (QED) is 0.740. The maximum absolute atomic E-state index is 13.2. The van der Waals surface area contributed by atoms with Crippen molar-refractivity contribution in [2.45, 2.75) is 31.2 Å². The van der Waals surface area contributed by atoms with Crippen LogP contribution in [0.5, 0.6) is 0 Å². The number of aromatic nitrogens is 2. The number of amides is 1. The number of rotatable bonds is 5. The molecule has 3 heterocycles. The Hall–Kier alpha value is -1.45. The lowest BCUT2D eigenvalue weighted by Crippen LogP contribution is -2.51. The average molecular weight is 369 g/mol. The minimum atomic E-state index is -3.25. The lowest BCUT2D eigenvalue weighted by Gasteiger charge is -2.38. The minimum absolute atomic E-state index is 0.0638. The Kier molecular flexibility index (Phi) is 5.45. The van der Waals surface area contributed by atoms with E-state index in [1.807, 2.05) is 24.3 Å². The molecule has 0 bridgehead atoms. The zero-order chi connectivity index (χ0) is 18.0. The molecule has 2 aliphatic rings. The third-order valence-electron chi connectivity index (χ3n) is 5.18. The molecule has 3 rings (SSSR count). The van der Waals surface area contributed by atoms with Gasteiger partial charge in [-0.05, 0) is 24.8 Å². The van der Waals surface area contributed by atoms with Gasteiger partial charge in [0.25, 0.3) is 0 Å². The van der Waals surface area contributed by atoms with Crippen LogP contribution in [0, 0.1) is 5.92 Å². The molecule has 8 nitrogen and oxygen atoms in total. The normalized spacial score (nSPS) is 27.6. The summed E-state index contributed by atoms with van der Waals surface area (Å²) >= 11 is 0. The smallest absolute Gasteiger partial charge is 0.227 e. The van der Waals surface area contributed by atoms with Crippen molar-refractivity contribution in [3.05, 3.63) is 18.0 Å². The van der Waals surface area contributed by atoms with Crippen LogP contribution in [0.15, 0.2) is 12.4 Å². The van der Waals surface area contributed by atoms with Gasteiger partial charge in [0.1, 0.15) is 0 Å². The summed E-state index contributed by atoms with van der Waals surface area (Å²) in [6.07, 6.45) is 7.79. The molecule has 25 heavy (non-hydrogen) atoms. The van der Waals surface area contributed by atoms with Gasteiger partial charge in [-0.15, -0.1) is 0 Å². The molecule has 1 unspecified atom stereocenters. The summed E-state index contributed by atoms with van der Waals surface area (Å²) in [4.78, 5) is 15.1. The van der Waals surface area contributed by atoms with E-state index in [1.54, 1.807) is 4.68 Å². The van der Waals surface area contributed by atoms with Gasteiger partial charge in [0.05, 0.1) is 18.4 Å². The van der Waals surface area contributed by atoms with Gasteiger partial charge in [0, 0.05) is 51.4 Å². The summed E-state index contributed by atoms with van der Waals surface area (Å²) < 4.78 is 27.1. The van der Waals surface area contributed by atoms with E-state index >= 15 is 0 Å². The fourth-order valence-electron chi connectivity index (χ4n) is 3.88. The Morgan fingerprint density at radius 3 is 2.88 bits per heavy atom. The lowest BCUT2D eigenvalue weighted by molar-refractivity contribution is -0.139. The molecular formula is C16H27N5O3S. The number of aryl methyl sites for hydroxylation is 1. The zero-order valence-corrected chi connectivity index (χ0v) is 15.6. The molecule has 0 saturated carbocycles. The molecule has 0 spiro atoms. The number of nitrogens with zero attached hydrogens (tertiary/aromatic N) is 3. The predicted molar refractivity (Wildman–Crippen MR) is 94.5 cm³/mol. The molecule has 3 atom stereocenters. The van der Waals surface area contributed by atoms with Crippen LogP contribution in [0.25, 0.3) is 0 Å². The first-order valence-electron chi connectivity index (χ1n) is 8.79. The highest BCUT2D eigenvalue weighted by Crippen LogP contribution is 2.31. The molecule has 9 heteroatoms. The van der Waals surface area contributed by atoms with Crippen LogP contribution < -0.4 is 10.0 Å². The summed E-state index contributed by atoms with van der Waals surface area (Å²) in [7, 11) is -1.38. The monoisotopic (exact) mass is 369 g/mol. The van der Waals surface area contributed by atoms with Crippen LogP contribution in [-0.4, -0.2) is 67.5 Å². The maximum atomic E-state index is 13.2. The van der Waals surface area contributed by atoms with E-state index in [4.69, 9.17) is 0 Å². The van der Waals surface area contributed by atoms with Crippen molar-refractivity contribution in [1.82, 2.24) is 24.7 Å². The molecule has 2 saturated heterocycles. The first-order chi connectivity index (χ1) is 11.8. The van der Waals surface area contributed by atoms with Crippen molar-refractivity contribution < 1.29 is 13.2 Å². The van der Waals surface area contributed by atoms with Crippen molar-refractivity contribution in [1.29, 1.82) is 0 Å². The molecule has 2 fully saturated rings. The Labute approximate surface area is 149 Å². The van der Waals surface area contributed by atoms with Crippen molar-refractivity contribution in [2.24, 2.45) is 13.0 Å². The fraction of sp³-hybridized carbons (Fsp3) is 0.750. The van der Waals surface area contributed by atoms with Gasteiger partial charge in [-0.1, -0.05) is 0 Å². The Balaban J connectivity index is 1.72. The number of carbonyl (C=O) groups is 1. The molecule has 1 aromatic heterocycles. The van der Waals surface area contributed by atoms with E-state index in [2.05, 4.69) is 15.1 Å². The topological polar surface area (TPSA) is 96.3 Å². The molecular weight excluding hydrogens is 342 g/mol. The molecule has 0 aliphatic carbocycles. The number of likely N-dealkylation sites (tertiary alicyclic amines) is 1. The number of nitrogens with one attached hydrogen (secondary N) is 2. The van der Waals surface area contributed by atoms with E-state index in [1.165, 1.54) is 0 Å². The van der Waals surface area contributed by atoms with E-state index in [9.17, 15) is 13.2 Å². The highest BCUT2D eigenvalue weighted by atomic mass is 32.2. The zero-order valence-electron chi connectivity index (χ0n) is 14.8. The lowest BCUT2D eigenvalue weighted by atomic mass is 9.88. The third kappa shape index (κ3) is 4.39. The first-order valence-corrected chi connectivity index (χ1v) is 10.7. The summed E-state index contributed by atoms with van der Waals surface area (Å²) in [5.74, 6) is 0.119. The highest BCUT2D eigenvalue weighted by Gasteiger charge is 2.39. The molecule has 0 radical (unpaired) electrons. The predicted octanol–water partition coefficient (Wildman–Crippen LogP) is -0.347. The Morgan fingerprint density at radius 1 is 1.40 bits per heavy atom. The molecule has 2 aliphatic heterocycles. The van der Waals surface area contributed by atoms with Crippen LogP contribution in [-0.2, 0) is 21.9 Å². The standard InChI is InChI=1S/C16H27N5O3S/c1-20-11-12(7-18-20)14-9-17-10-15(14)16(22)21-6-4-3-5-13(21)8-19-25(2,23)24/h7,11,13-15,17,19H,3-6,8-10H2,1-2H3/t13?,14-,15+/m1/s1. The van der Waals surface area contributed by atoms with Crippen LogP contribution >= 0.6 is 0 Å². The Bertz CT molecular complexity index is 717. The maximum Gasteiger partial charge on any atom is 0.227 e. The second-order valence-electron chi connectivity index (χ2n) is 7.12. The van der Waals surface area contributed by atoms with Gasteiger partial charge in [-0.3, -0.25) is 9.48 Å².